The number of fused-ring (bicyclic) bond motifs is 1. The second-order valence-corrected chi connectivity index (χ2v) is 8.84. The molecule has 0 saturated heterocycles. The summed E-state index contributed by atoms with van der Waals surface area (Å²) in [6, 6.07) is 27.9. The van der Waals surface area contributed by atoms with Crippen LogP contribution in [0.1, 0.15) is 20.7 Å². The molecule has 0 aliphatic carbocycles. The summed E-state index contributed by atoms with van der Waals surface area (Å²) >= 11 is 6.35. The number of nitrogens with zero attached hydrogens (tertiary/aromatic N) is 2. The molecule has 0 aliphatic heterocycles. The van der Waals surface area contributed by atoms with Crippen molar-refractivity contribution in [1.82, 2.24) is 4.98 Å². The van der Waals surface area contributed by atoms with Crippen molar-refractivity contribution in [3.8, 4) is 22.8 Å². The zero-order valence-corrected chi connectivity index (χ0v) is 21.0. The van der Waals surface area contributed by atoms with Gasteiger partial charge in [0.15, 0.2) is 12.4 Å². The van der Waals surface area contributed by atoms with E-state index in [4.69, 9.17) is 21.1 Å². The van der Waals surface area contributed by atoms with Gasteiger partial charge in [-0.25, -0.2) is 9.78 Å². The average Bonchev–Trinajstić information content (AvgIpc) is 2.96. The van der Waals surface area contributed by atoms with Gasteiger partial charge in [0.05, 0.1) is 21.7 Å². The Morgan fingerprint density at radius 1 is 0.846 bits per heavy atom. The van der Waals surface area contributed by atoms with Crippen molar-refractivity contribution in [2.45, 2.75) is 0 Å². The zero-order valence-electron chi connectivity index (χ0n) is 20.2. The number of esters is 1. The first-order chi connectivity index (χ1) is 18.9. The van der Waals surface area contributed by atoms with Gasteiger partial charge in [-0.1, -0.05) is 48.0 Å². The van der Waals surface area contributed by atoms with Crippen LogP contribution in [-0.4, -0.2) is 28.3 Å². The quantitative estimate of drug-likeness (QED) is 0.0882. The van der Waals surface area contributed by atoms with E-state index in [0.717, 1.165) is 0 Å². The third-order valence-corrected chi connectivity index (χ3v) is 6.21. The van der Waals surface area contributed by atoms with Crippen molar-refractivity contribution < 1.29 is 24.0 Å². The van der Waals surface area contributed by atoms with Gasteiger partial charge in [0.2, 0.25) is 0 Å². The lowest BCUT2D eigenvalue weighted by molar-refractivity contribution is -0.384. The lowest BCUT2D eigenvalue weighted by Gasteiger charge is -2.11. The number of ether oxygens (including phenoxy) is 2. The molecular weight excluding hydrogens is 520 g/mol. The van der Waals surface area contributed by atoms with E-state index in [-0.39, 0.29) is 11.3 Å². The van der Waals surface area contributed by atoms with Gasteiger partial charge >= 0.3 is 5.97 Å². The number of nitro groups is 1. The summed E-state index contributed by atoms with van der Waals surface area (Å²) in [6.45, 7) is -0.459. The van der Waals surface area contributed by atoms with Crippen molar-refractivity contribution in [2.24, 2.45) is 0 Å². The van der Waals surface area contributed by atoms with Crippen LogP contribution < -0.4 is 4.74 Å². The summed E-state index contributed by atoms with van der Waals surface area (Å²) in [5.41, 5.74) is 2.34. The number of rotatable bonds is 8. The van der Waals surface area contributed by atoms with E-state index < -0.39 is 23.3 Å². The fourth-order valence-corrected chi connectivity index (χ4v) is 4.16. The number of halogens is 1. The highest BCUT2D eigenvalue weighted by Gasteiger charge is 2.18. The van der Waals surface area contributed by atoms with Gasteiger partial charge in [-0.15, -0.1) is 0 Å². The van der Waals surface area contributed by atoms with E-state index in [1.807, 2.05) is 24.3 Å². The Balaban J connectivity index is 1.29. The number of hydrogen-bond acceptors (Lipinski definition) is 7. The van der Waals surface area contributed by atoms with Crippen molar-refractivity contribution >= 4 is 39.9 Å². The Hall–Kier alpha value is -5.08. The Kier molecular flexibility index (Phi) is 7.29. The molecule has 192 valence electrons. The molecule has 0 saturated carbocycles. The van der Waals surface area contributed by atoms with Crippen molar-refractivity contribution in [1.29, 1.82) is 0 Å². The molecule has 0 fully saturated rings. The van der Waals surface area contributed by atoms with Gasteiger partial charge in [0.1, 0.15) is 11.5 Å². The van der Waals surface area contributed by atoms with Crippen LogP contribution in [0.15, 0.2) is 103 Å². The maximum Gasteiger partial charge on any atom is 0.339 e. The molecular formula is C30H19ClN2O6. The SMILES string of the molecule is O=C(COC(=O)c1cc(-c2ccccc2Cl)nc2ccccc12)c1ccc(Oc2ccc([N+](=O)[O-])cc2)cc1. The maximum absolute atomic E-state index is 13.1. The largest absolute Gasteiger partial charge is 0.457 e. The fourth-order valence-electron chi connectivity index (χ4n) is 3.92. The molecule has 39 heavy (non-hydrogen) atoms. The number of carbonyl (C=O) groups excluding carboxylic acids is 2. The summed E-state index contributed by atoms with van der Waals surface area (Å²) in [7, 11) is 0. The molecule has 0 bridgehead atoms. The van der Waals surface area contributed by atoms with Gasteiger partial charge in [-0.05, 0) is 54.6 Å². The Labute approximate surface area is 227 Å². The van der Waals surface area contributed by atoms with Gasteiger partial charge in [-0.3, -0.25) is 14.9 Å². The van der Waals surface area contributed by atoms with E-state index in [1.165, 1.54) is 24.3 Å². The lowest BCUT2D eigenvalue weighted by atomic mass is 10.0. The van der Waals surface area contributed by atoms with Gasteiger partial charge in [0, 0.05) is 33.7 Å². The third-order valence-electron chi connectivity index (χ3n) is 5.88. The summed E-state index contributed by atoms with van der Waals surface area (Å²) < 4.78 is 11.1. The molecule has 5 aromatic rings. The molecule has 0 radical (unpaired) electrons. The molecule has 0 amide bonds. The highest BCUT2D eigenvalue weighted by molar-refractivity contribution is 6.33. The molecule has 8 nitrogen and oxygen atoms in total. The van der Waals surface area contributed by atoms with Gasteiger partial charge < -0.3 is 9.47 Å². The minimum absolute atomic E-state index is 0.0438. The Morgan fingerprint density at radius 2 is 1.49 bits per heavy atom. The molecule has 0 N–H and O–H groups in total. The van der Waals surface area contributed by atoms with Crippen LogP contribution in [0.4, 0.5) is 5.69 Å². The normalized spacial score (nSPS) is 10.7. The van der Waals surface area contributed by atoms with Crippen LogP contribution >= 0.6 is 11.6 Å². The minimum atomic E-state index is -0.659. The standard InChI is InChI=1S/C30H19ClN2O6/c31-26-7-3-1-6-24(26)28-17-25(23-5-2-4-8-27(23)32-28)30(35)38-18-29(34)19-9-13-21(14-10-19)39-22-15-11-20(12-16-22)33(36)37/h1-17H,18H2. The van der Waals surface area contributed by atoms with Crippen molar-refractivity contribution in [2.75, 3.05) is 6.61 Å². The number of hydrogen-bond donors (Lipinski definition) is 0. The molecule has 5 rings (SSSR count). The first-order valence-corrected chi connectivity index (χ1v) is 12.1. The topological polar surface area (TPSA) is 109 Å². The van der Waals surface area contributed by atoms with Crippen LogP contribution in [-0.2, 0) is 4.74 Å². The Bertz CT molecular complexity index is 1700. The van der Waals surface area contributed by atoms with E-state index in [9.17, 15) is 19.7 Å². The lowest BCUT2D eigenvalue weighted by Crippen LogP contribution is -2.15. The predicted octanol–water partition coefficient (Wildman–Crippen LogP) is 7.30. The molecule has 1 heterocycles. The first kappa shape index (κ1) is 25.6. The van der Waals surface area contributed by atoms with E-state index in [2.05, 4.69) is 4.98 Å². The molecule has 0 spiro atoms. The maximum atomic E-state index is 13.1. The molecule has 9 heteroatoms. The van der Waals surface area contributed by atoms with Crippen LogP contribution in [0, 0.1) is 10.1 Å². The monoisotopic (exact) mass is 538 g/mol. The molecule has 0 unspecified atom stereocenters. The molecule has 0 aliphatic rings. The number of aromatic nitrogens is 1. The second kappa shape index (κ2) is 11.1. The first-order valence-electron chi connectivity index (χ1n) is 11.8. The second-order valence-electron chi connectivity index (χ2n) is 8.43. The summed E-state index contributed by atoms with van der Waals surface area (Å²) in [4.78, 5) is 40.8. The van der Waals surface area contributed by atoms with Crippen LogP contribution in [0.25, 0.3) is 22.2 Å². The zero-order chi connectivity index (χ0) is 27.4. The minimum Gasteiger partial charge on any atom is -0.457 e. The molecule has 4 aromatic carbocycles. The van der Waals surface area contributed by atoms with Crippen molar-refractivity contribution in [3.63, 3.8) is 0 Å². The van der Waals surface area contributed by atoms with Crippen LogP contribution in [0.2, 0.25) is 5.02 Å². The number of para-hydroxylation sites is 1. The molecule has 0 atom stereocenters. The number of ketones is 1. The Morgan fingerprint density at radius 3 is 2.18 bits per heavy atom. The average molecular weight is 539 g/mol. The summed E-state index contributed by atoms with van der Waals surface area (Å²) in [5.74, 6) is -0.203. The third kappa shape index (κ3) is 5.76. The summed E-state index contributed by atoms with van der Waals surface area (Å²) in [6.07, 6.45) is 0. The van der Waals surface area contributed by atoms with Gasteiger partial charge in [-0.2, -0.15) is 0 Å². The fraction of sp³-hybridized carbons (Fsp3) is 0.0333. The van der Waals surface area contributed by atoms with Crippen molar-refractivity contribution in [3.05, 3.63) is 129 Å². The number of Topliss-reactive ketones (excluding diaryl/α,β-unsaturated/α-hetero) is 1. The number of nitro benzene ring substituents is 1. The van der Waals surface area contributed by atoms with Crippen LogP contribution in [0.5, 0.6) is 11.5 Å². The highest BCUT2D eigenvalue weighted by Crippen LogP contribution is 2.30. The van der Waals surface area contributed by atoms with E-state index >= 15 is 0 Å². The summed E-state index contributed by atoms with van der Waals surface area (Å²) in [5, 5.41) is 11.9. The van der Waals surface area contributed by atoms with Crippen LogP contribution in [0.3, 0.4) is 0 Å². The smallest absolute Gasteiger partial charge is 0.339 e. The van der Waals surface area contributed by atoms with Gasteiger partial charge in [0.25, 0.3) is 5.69 Å². The number of non-ortho nitro benzene ring substituents is 1. The van der Waals surface area contributed by atoms with E-state index in [0.29, 0.717) is 44.2 Å². The number of pyridine rings is 1. The number of benzene rings is 4. The predicted molar refractivity (Wildman–Crippen MR) is 146 cm³/mol. The molecule has 1 aromatic heterocycles. The highest BCUT2D eigenvalue weighted by atomic mass is 35.5. The number of carbonyl (C=O) groups is 2. The van der Waals surface area contributed by atoms with E-state index in [1.54, 1.807) is 54.6 Å².